The predicted octanol–water partition coefficient (Wildman–Crippen LogP) is 3.23. The summed E-state index contributed by atoms with van der Waals surface area (Å²) in [6, 6.07) is 9.05. The highest BCUT2D eigenvalue weighted by molar-refractivity contribution is 5.46. The van der Waals surface area contributed by atoms with Crippen LogP contribution in [0.1, 0.15) is 38.7 Å². The molecular weight excluding hydrogens is 250 g/mol. The molecule has 2 unspecified atom stereocenters. The SMILES string of the molecule is CC(C)C1CC(Nc2cccc(CCCO)c2)CCO1. The summed E-state index contributed by atoms with van der Waals surface area (Å²) in [5.74, 6) is 0.579. The molecule has 1 aromatic rings. The van der Waals surface area contributed by atoms with Gasteiger partial charge in [-0.2, -0.15) is 0 Å². The van der Waals surface area contributed by atoms with Crippen LogP contribution in [0.25, 0.3) is 0 Å². The third kappa shape index (κ3) is 4.50. The normalized spacial score (nSPS) is 23.0. The zero-order valence-electron chi connectivity index (χ0n) is 12.6. The number of aliphatic hydroxyl groups excluding tert-OH is 1. The zero-order chi connectivity index (χ0) is 14.4. The molecule has 1 heterocycles. The fraction of sp³-hybridized carbons (Fsp3) is 0.647. The minimum Gasteiger partial charge on any atom is -0.396 e. The van der Waals surface area contributed by atoms with Gasteiger partial charge in [0.2, 0.25) is 0 Å². The average molecular weight is 277 g/mol. The minimum atomic E-state index is 0.258. The molecule has 3 nitrogen and oxygen atoms in total. The lowest BCUT2D eigenvalue weighted by atomic mass is 9.95. The number of hydrogen-bond acceptors (Lipinski definition) is 3. The van der Waals surface area contributed by atoms with Crippen LogP contribution < -0.4 is 5.32 Å². The van der Waals surface area contributed by atoms with E-state index < -0.39 is 0 Å². The summed E-state index contributed by atoms with van der Waals surface area (Å²) in [5.41, 5.74) is 2.48. The first kappa shape index (κ1) is 15.3. The first-order valence-corrected chi connectivity index (χ1v) is 7.77. The molecule has 2 atom stereocenters. The monoisotopic (exact) mass is 277 g/mol. The average Bonchev–Trinajstić information content (AvgIpc) is 2.46. The van der Waals surface area contributed by atoms with E-state index in [1.165, 1.54) is 11.3 Å². The highest BCUT2D eigenvalue weighted by Crippen LogP contribution is 2.23. The molecule has 0 spiro atoms. The molecule has 0 amide bonds. The van der Waals surface area contributed by atoms with Gasteiger partial charge in [0.1, 0.15) is 0 Å². The fourth-order valence-corrected chi connectivity index (χ4v) is 2.76. The van der Waals surface area contributed by atoms with Gasteiger partial charge in [-0.3, -0.25) is 0 Å². The Morgan fingerprint density at radius 1 is 1.40 bits per heavy atom. The van der Waals surface area contributed by atoms with E-state index >= 15 is 0 Å². The lowest BCUT2D eigenvalue weighted by Crippen LogP contribution is -2.36. The smallest absolute Gasteiger partial charge is 0.0617 e. The fourth-order valence-electron chi connectivity index (χ4n) is 2.76. The molecule has 0 radical (unpaired) electrons. The Bertz CT molecular complexity index is 406. The van der Waals surface area contributed by atoms with Crippen molar-refractivity contribution >= 4 is 5.69 Å². The maximum Gasteiger partial charge on any atom is 0.0617 e. The first-order chi connectivity index (χ1) is 9.69. The molecular formula is C17H27NO2. The standard InChI is InChI=1S/C17H27NO2/c1-13(2)17-12-16(8-10-20-17)18-15-7-3-5-14(11-15)6-4-9-19/h3,5,7,11,13,16-19H,4,6,8-10,12H2,1-2H3. The second-order valence-electron chi connectivity index (χ2n) is 6.05. The van der Waals surface area contributed by atoms with Crippen molar-refractivity contribution in [3.8, 4) is 0 Å². The molecule has 1 saturated heterocycles. The molecule has 2 rings (SSSR count). The van der Waals surface area contributed by atoms with Gasteiger partial charge in [-0.05, 0) is 49.3 Å². The highest BCUT2D eigenvalue weighted by atomic mass is 16.5. The van der Waals surface area contributed by atoms with Gasteiger partial charge in [-0.15, -0.1) is 0 Å². The van der Waals surface area contributed by atoms with Gasteiger partial charge in [0.15, 0.2) is 0 Å². The van der Waals surface area contributed by atoms with Crippen LogP contribution >= 0.6 is 0 Å². The Labute approximate surface area is 122 Å². The van der Waals surface area contributed by atoms with Crippen molar-refractivity contribution in [1.29, 1.82) is 0 Å². The maximum absolute atomic E-state index is 8.91. The van der Waals surface area contributed by atoms with Crippen LogP contribution in [0.4, 0.5) is 5.69 Å². The molecule has 0 aromatic heterocycles. The Morgan fingerprint density at radius 2 is 2.25 bits per heavy atom. The van der Waals surface area contributed by atoms with Crippen molar-refractivity contribution in [3.63, 3.8) is 0 Å². The number of anilines is 1. The number of rotatable bonds is 6. The van der Waals surface area contributed by atoms with Crippen LogP contribution in [-0.4, -0.2) is 30.5 Å². The van der Waals surface area contributed by atoms with Crippen LogP contribution in [0.2, 0.25) is 0 Å². The van der Waals surface area contributed by atoms with Gasteiger partial charge in [0.05, 0.1) is 6.10 Å². The topological polar surface area (TPSA) is 41.5 Å². The summed E-state index contributed by atoms with van der Waals surface area (Å²) in [6.45, 7) is 5.56. The summed E-state index contributed by atoms with van der Waals surface area (Å²) in [7, 11) is 0. The molecule has 1 fully saturated rings. The quantitative estimate of drug-likeness (QED) is 0.839. The van der Waals surface area contributed by atoms with E-state index in [2.05, 4.69) is 43.4 Å². The van der Waals surface area contributed by atoms with Crippen molar-refractivity contribution < 1.29 is 9.84 Å². The molecule has 112 valence electrons. The highest BCUT2D eigenvalue weighted by Gasteiger charge is 2.24. The molecule has 3 heteroatoms. The second-order valence-corrected chi connectivity index (χ2v) is 6.05. The summed E-state index contributed by atoms with van der Waals surface area (Å²) >= 11 is 0. The third-order valence-corrected chi connectivity index (χ3v) is 3.98. The van der Waals surface area contributed by atoms with Crippen molar-refractivity contribution in [3.05, 3.63) is 29.8 Å². The molecule has 0 saturated carbocycles. The number of aryl methyl sites for hydroxylation is 1. The van der Waals surface area contributed by atoms with Gasteiger partial charge in [-0.1, -0.05) is 26.0 Å². The van der Waals surface area contributed by atoms with Crippen LogP contribution in [0, 0.1) is 5.92 Å². The number of nitrogens with one attached hydrogen (secondary N) is 1. The van der Waals surface area contributed by atoms with Crippen molar-refractivity contribution in [2.24, 2.45) is 5.92 Å². The van der Waals surface area contributed by atoms with E-state index in [1.807, 2.05) is 0 Å². The summed E-state index contributed by atoms with van der Waals surface area (Å²) < 4.78 is 5.82. The lowest BCUT2D eigenvalue weighted by molar-refractivity contribution is -0.0160. The maximum atomic E-state index is 8.91. The molecule has 1 aliphatic heterocycles. The van der Waals surface area contributed by atoms with E-state index in [4.69, 9.17) is 9.84 Å². The number of hydrogen-bond donors (Lipinski definition) is 2. The lowest BCUT2D eigenvalue weighted by Gasteiger charge is -2.33. The van der Waals surface area contributed by atoms with E-state index in [0.717, 1.165) is 32.3 Å². The van der Waals surface area contributed by atoms with E-state index in [1.54, 1.807) is 0 Å². The van der Waals surface area contributed by atoms with Crippen molar-refractivity contribution in [2.75, 3.05) is 18.5 Å². The molecule has 0 aliphatic carbocycles. The number of ether oxygens (including phenoxy) is 1. The Morgan fingerprint density at radius 3 is 3.00 bits per heavy atom. The predicted molar refractivity (Wildman–Crippen MR) is 83.1 cm³/mol. The van der Waals surface area contributed by atoms with Crippen molar-refractivity contribution in [1.82, 2.24) is 0 Å². The third-order valence-electron chi connectivity index (χ3n) is 3.98. The first-order valence-electron chi connectivity index (χ1n) is 7.77. The van der Waals surface area contributed by atoms with E-state index in [0.29, 0.717) is 18.1 Å². The second kappa shape index (κ2) is 7.65. The molecule has 1 aromatic carbocycles. The van der Waals surface area contributed by atoms with Gasteiger partial charge in [0.25, 0.3) is 0 Å². The Balaban J connectivity index is 1.92. The molecule has 2 N–H and O–H groups in total. The van der Waals surface area contributed by atoms with Crippen molar-refractivity contribution in [2.45, 2.75) is 51.7 Å². The van der Waals surface area contributed by atoms with Gasteiger partial charge in [0, 0.05) is 24.9 Å². The van der Waals surface area contributed by atoms with Crippen LogP contribution in [-0.2, 0) is 11.2 Å². The van der Waals surface area contributed by atoms with Gasteiger partial charge in [-0.25, -0.2) is 0 Å². The molecule has 0 bridgehead atoms. The van der Waals surface area contributed by atoms with Gasteiger partial charge < -0.3 is 15.2 Å². The van der Waals surface area contributed by atoms with Gasteiger partial charge >= 0.3 is 0 Å². The summed E-state index contributed by atoms with van der Waals surface area (Å²) in [4.78, 5) is 0. The van der Waals surface area contributed by atoms with Crippen LogP contribution in [0.5, 0.6) is 0 Å². The molecule has 1 aliphatic rings. The van der Waals surface area contributed by atoms with E-state index in [-0.39, 0.29) is 6.61 Å². The number of benzene rings is 1. The summed E-state index contributed by atoms with van der Waals surface area (Å²) in [5, 5.41) is 12.5. The summed E-state index contributed by atoms with van der Waals surface area (Å²) in [6.07, 6.45) is 4.30. The van der Waals surface area contributed by atoms with Crippen LogP contribution in [0.3, 0.4) is 0 Å². The van der Waals surface area contributed by atoms with E-state index in [9.17, 15) is 0 Å². The Hall–Kier alpha value is -1.06. The largest absolute Gasteiger partial charge is 0.396 e. The number of aliphatic hydroxyl groups is 1. The van der Waals surface area contributed by atoms with Crippen LogP contribution in [0.15, 0.2) is 24.3 Å². The molecule has 20 heavy (non-hydrogen) atoms. The minimum absolute atomic E-state index is 0.258. The Kier molecular flexibility index (Phi) is 5.86. The zero-order valence-corrected chi connectivity index (χ0v) is 12.6.